The summed E-state index contributed by atoms with van der Waals surface area (Å²) in [4.78, 5) is 0. The predicted molar refractivity (Wildman–Crippen MR) is 76.4 cm³/mol. The van der Waals surface area contributed by atoms with Gasteiger partial charge in [0, 0.05) is 12.5 Å². The molecule has 1 N–H and O–H groups in total. The maximum atomic E-state index is 11.6. The van der Waals surface area contributed by atoms with Crippen molar-refractivity contribution in [2.24, 2.45) is 5.92 Å². The quantitative estimate of drug-likeness (QED) is 0.888. The Balaban J connectivity index is 2.19. The van der Waals surface area contributed by atoms with Gasteiger partial charge >= 0.3 is 0 Å². The van der Waals surface area contributed by atoms with E-state index in [0.717, 1.165) is 18.7 Å². The smallest absolute Gasteiger partial charge is 0.150 e. The van der Waals surface area contributed by atoms with Gasteiger partial charge in [0.05, 0.1) is 18.6 Å². The third-order valence-corrected chi connectivity index (χ3v) is 5.60. The van der Waals surface area contributed by atoms with Crippen LogP contribution in [0.2, 0.25) is 0 Å². The summed E-state index contributed by atoms with van der Waals surface area (Å²) in [5.74, 6) is 1.92. The molecule has 1 fully saturated rings. The molecule has 0 amide bonds. The van der Waals surface area contributed by atoms with Crippen molar-refractivity contribution in [3.8, 4) is 5.75 Å². The van der Waals surface area contributed by atoms with E-state index in [0.29, 0.717) is 11.5 Å². The van der Waals surface area contributed by atoms with Crippen molar-refractivity contribution in [1.29, 1.82) is 0 Å². The van der Waals surface area contributed by atoms with Crippen molar-refractivity contribution in [1.82, 2.24) is 5.32 Å². The van der Waals surface area contributed by atoms with E-state index in [-0.39, 0.29) is 11.8 Å². The van der Waals surface area contributed by atoms with E-state index in [1.54, 1.807) is 7.11 Å². The molecule has 0 radical (unpaired) electrons. The summed E-state index contributed by atoms with van der Waals surface area (Å²) in [6.45, 7) is 0.798. The first kappa shape index (κ1) is 14.3. The van der Waals surface area contributed by atoms with Gasteiger partial charge in [0.2, 0.25) is 0 Å². The third-order valence-electron chi connectivity index (χ3n) is 3.80. The summed E-state index contributed by atoms with van der Waals surface area (Å²) in [5.41, 5.74) is 1.18. The molecule has 0 aliphatic carbocycles. The highest BCUT2D eigenvalue weighted by molar-refractivity contribution is 7.91. The van der Waals surface area contributed by atoms with Crippen molar-refractivity contribution >= 4 is 9.84 Å². The highest BCUT2D eigenvalue weighted by Gasteiger charge is 2.34. The Hall–Kier alpha value is -1.07. The molecule has 19 heavy (non-hydrogen) atoms. The van der Waals surface area contributed by atoms with Crippen LogP contribution < -0.4 is 10.1 Å². The van der Waals surface area contributed by atoms with Crippen LogP contribution in [0.4, 0.5) is 0 Å². The number of likely N-dealkylation sites (N-methyl/N-ethyl adjacent to an activating group) is 1. The number of hydrogen-bond donors (Lipinski definition) is 1. The minimum Gasteiger partial charge on any atom is -0.497 e. The highest BCUT2D eigenvalue weighted by Crippen LogP contribution is 2.33. The van der Waals surface area contributed by atoms with E-state index >= 15 is 0 Å². The third kappa shape index (κ3) is 3.48. The van der Waals surface area contributed by atoms with E-state index in [2.05, 4.69) is 5.32 Å². The number of rotatable bonds is 5. The van der Waals surface area contributed by atoms with Crippen LogP contribution >= 0.6 is 0 Å². The SMILES string of the molecule is CNCC(c1ccc(OC)cc1)C1CCS(=O)(=O)C1. The van der Waals surface area contributed by atoms with E-state index in [1.165, 1.54) is 5.56 Å². The van der Waals surface area contributed by atoms with Gasteiger partial charge in [0.1, 0.15) is 5.75 Å². The molecule has 2 rings (SSSR count). The summed E-state index contributed by atoms with van der Waals surface area (Å²) in [7, 11) is 0.713. The molecule has 0 spiro atoms. The van der Waals surface area contributed by atoms with Gasteiger partial charge in [0.25, 0.3) is 0 Å². The molecule has 5 heteroatoms. The van der Waals surface area contributed by atoms with Gasteiger partial charge in [-0.3, -0.25) is 0 Å². The van der Waals surface area contributed by atoms with Gasteiger partial charge in [-0.2, -0.15) is 0 Å². The zero-order chi connectivity index (χ0) is 13.9. The first-order valence-corrected chi connectivity index (χ1v) is 8.37. The number of hydrogen-bond acceptors (Lipinski definition) is 4. The van der Waals surface area contributed by atoms with Gasteiger partial charge < -0.3 is 10.1 Å². The van der Waals surface area contributed by atoms with Gasteiger partial charge in [-0.05, 0) is 37.1 Å². The van der Waals surface area contributed by atoms with E-state index in [9.17, 15) is 8.42 Å². The van der Waals surface area contributed by atoms with Crippen LogP contribution in [0.5, 0.6) is 5.75 Å². The summed E-state index contributed by atoms with van der Waals surface area (Å²) < 4.78 is 28.4. The van der Waals surface area contributed by atoms with Gasteiger partial charge in [0.15, 0.2) is 9.84 Å². The van der Waals surface area contributed by atoms with Crippen molar-refractivity contribution in [3.05, 3.63) is 29.8 Å². The topological polar surface area (TPSA) is 55.4 Å². The number of sulfone groups is 1. The summed E-state index contributed by atoms with van der Waals surface area (Å²) in [6.07, 6.45) is 0.765. The minimum atomic E-state index is -2.83. The summed E-state index contributed by atoms with van der Waals surface area (Å²) in [5, 5.41) is 3.17. The fraction of sp³-hybridized carbons (Fsp3) is 0.571. The molecular formula is C14H21NO3S. The molecule has 1 heterocycles. The Morgan fingerprint density at radius 3 is 2.53 bits per heavy atom. The Kier molecular flexibility index (Phi) is 4.47. The highest BCUT2D eigenvalue weighted by atomic mass is 32.2. The van der Waals surface area contributed by atoms with E-state index in [4.69, 9.17) is 4.74 Å². The zero-order valence-electron chi connectivity index (χ0n) is 11.4. The molecule has 0 aromatic heterocycles. The second-order valence-electron chi connectivity index (χ2n) is 5.10. The summed E-state index contributed by atoms with van der Waals surface area (Å²) in [6, 6.07) is 7.93. The van der Waals surface area contributed by atoms with E-state index in [1.807, 2.05) is 31.3 Å². The van der Waals surface area contributed by atoms with Crippen LogP contribution in [-0.2, 0) is 9.84 Å². The normalized spacial score (nSPS) is 23.2. The molecule has 1 aromatic carbocycles. The lowest BCUT2D eigenvalue weighted by atomic mass is 9.85. The van der Waals surface area contributed by atoms with Crippen molar-refractivity contribution in [3.63, 3.8) is 0 Å². The molecule has 0 bridgehead atoms. The first-order valence-electron chi connectivity index (χ1n) is 6.54. The summed E-state index contributed by atoms with van der Waals surface area (Å²) >= 11 is 0. The molecule has 2 atom stereocenters. The lowest BCUT2D eigenvalue weighted by Gasteiger charge is -2.23. The number of ether oxygens (including phenoxy) is 1. The maximum absolute atomic E-state index is 11.6. The number of nitrogens with one attached hydrogen (secondary N) is 1. The lowest BCUT2D eigenvalue weighted by molar-refractivity contribution is 0.413. The van der Waals surface area contributed by atoms with Crippen LogP contribution in [0.25, 0.3) is 0 Å². The van der Waals surface area contributed by atoms with Gasteiger partial charge in [-0.1, -0.05) is 12.1 Å². The Morgan fingerprint density at radius 2 is 2.05 bits per heavy atom. The van der Waals surface area contributed by atoms with Crippen LogP contribution in [0.1, 0.15) is 17.9 Å². The van der Waals surface area contributed by atoms with Crippen LogP contribution in [0.15, 0.2) is 24.3 Å². The molecule has 1 saturated heterocycles. The van der Waals surface area contributed by atoms with Gasteiger partial charge in [-0.25, -0.2) is 8.42 Å². The second-order valence-corrected chi connectivity index (χ2v) is 7.33. The standard InChI is InChI=1S/C14H21NO3S/c1-15-9-14(12-7-8-19(16,17)10-12)11-3-5-13(18-2)6-4-11/h3-6,12,14-15H,7-10H2,1-2H3. The Morgan fingerprint density at radius 1 is 1.37 bits per heavy atom. The minimum absolute atomic E-state index is 0.214. The average Bonchev–Trinajstić information content (AvgIpc) is 2.76. The van der Waals surface area contributed by atoms with Gasteiger partial charge in [-0.15, -0.1) is 0 Å². The second kappa shape index (κ2) is 5.92. The largest absolute Gasteiger partial charge is 0.497 e. The molecule has 1 aliphatic rings. The van der Waals surface area contributed by atoms with Crippen molar-refractivity contribution < 1.29 is 13.2 Å². The van der Waals surface area contributed by atoms with Crippen LogP contribution in [0.3, 0.4) is 0 Å². The zero-order valence-corrected chi connectivity index (χ0v) is 12.2. The monoisotopic (exact) mass is 283 g/mol. The first-order chi connectivity index (χ1) is 9.05. The Labute approximate surface area is 115 Å². The molecule has 0 saturated carbocycles. The van der Waals surface area contributed by atoms with Crippen molar-refractivity contribution in [2.45, 2.75) is 12.3 Å². The number of benzene rings is 1. The lowest BCUT2D eigenvalue weighted by Crippen LogP contribution is -2.25. The van der Waals surface area contributed by atoms with E-state index < -0.39 is 9.84 Å². The van der Waals surface area contributed by atoms with Crippen molar-refractivity contribution in [2.75, 3.05) is 32.2 Å². The maximum Gasteiger partial charge on any atom is 0.150 e. The molecule has 1 aromatic rings. The molecule has 106 valence electrons. The molecule has 1 aliphatic heterocycles. The Bertz CT molecular complexity index is 510. The molecular weight excluding hydrogens is 262 g/mol. The number of methoxy groups -OCH3 is 1. The van der Waals surface area contributed by atoms with Crippen LogP contribution in [0, 0.1) is 5.92 Å². The molecule has 2 unspecified atom stereocenters. The van der Waals surface area contributed by atoms with Crippen LogP contribution in [-0.4, -0.2) is 40.6 Å². The predicted octanol–water partition coefficient (Wildman–Crippen LogP) is 1.43. The fourth-order valence-electron chi connectivity index (χ4n) is 2.77. The molecule has 4 nitrogen and oxygen atoms in total. The average molecular weight is 283 g/mol. The fourth-order valence-corrected chi connectivity index (χ4v) is 4.65.